The molecule has 3 atom stereocenters. The number of aromatic nitrogens is 3. The number of nitrogens with zero attached hydrogens (tertiary/aromatic N) is 5. The fraction of sp³-hybridized carbons (Fsp3) is 0.500. The largest absolute Gasteiger partial charge is 0.367 e. The summed E-state index contributed by atoms with van der Waals surface area (Å²) in [6.07, 6.45) is 5.37. The van der Waals surface area contributed by atoms with Crippen LogP contribution in [0.25, 0.3) is 0 Å². The van der Waals surface area contributed by atoms with Gasteiger partial charge in [0.25, 0.3) is 5.91 Å². The van der Waals surface area contributed by atoms with Crippen LogP contribution in [0.15, 0.2) is 30.6 Å². The molecule has 2 fully saturated rings. The van der Waals surface area contributed by atoms with Gasteiger partial charge in [-0.3, -0.25) is 9.78 Å². The third-order valence-corrected chi connectivity index (χ3v) is 5.39. The Morgan fingerprint density at radius 1 is 1.26 bits per heavy atom. The minimum absolute atomic E-state index is 0.0298. The fourth-order valence-corrected chi connectivity index (χ4v) is 3.84. The van der Waals surface area contributed by atoms with Gasteiger partial charge in [0, 0.05) is 45.3 Å². The first-order chi connectivity index (χ1) is 13.0. The number of rotatable bonds is 3. The Labute approximate surface area is 159 Å². The third kappa shape index (κ3) is 3.64. The Hall–Kier alpha value is -2.54. The molecule has 0 aliphatic carbocycles. The average Bonchev–Trinajstić information content (AvgIpc) is 3.11. The van der Waals surface area contributed by atoms with Crippen molar-refractivity contribution < 1.29 is 9.53 Å². The van der Waals surface area contributed by atoms with Crippen LogP contribution in [0.3, 0.4) is 0 Å². The van der Waals surface area contributed by atoms with Crippen LogP contribution in [0.4, 0.5) is 5.95 Å². The molecular weight excluding hydrogens is 342 g/mol. The summed E-state index contributed by atoms with van der Waals surface area (Å²) in [6.45, 7) is 3.30. The predicted molar refractivity (Wildman–Crippen MR) is 102 cm³/mol. The molecule has 2 aromatic rings. The van der Waals surface area contributed by atoms with E-state index in [9.17, 15) is 4.79 Å². The number of anilines is 1. The Bertz CT molecular complexity index is 823. The second-order valence-electron chi connectivity index (χ2n) is 7.56. The topological polar surface area (TPSA) is 71.5 Å². The van der Waals surface area contributed by atoms with Gasteiger partial charge >= 0.3 is 0 Å². The van der Waals surface area contributed by atoms with Crippen molar-refractivity contribution in [2.24, 2.45) is 5.92 Å². The van der Waals surface area contributed by atoms with Gasteiger partial charge in [0.2, 0.25) is 5.95 Å². The van der Waals surface area contributed by atoms with Crippen LogP contribution in [0.2, 0.25) is 0 Å². The van der Waals surface area contributed by atoms with Gasteiger partial charge in [-0.25, -0.2) is 9.97 Å². The molecule has 0 saturated carbocycles. The summed E-state index contributed by atoms with van der Waals surface area (Å²) >= 11 is 0. The smallest absolute Gasteiger partial charge is 0.255 e. The minimum Gasteiger partial charge on any atom is -0.367 e. The van der Waals surface area contributed by atoms with E-state index in [1.807, 2.05) is 49.0 Å². The highest BCUT2D eigenvalue weighted by Gasteiger charge is 2.41. The van der Waals surface area contributed by atoms with Crippen molar-refractivity contribution in [3.63, 3.8) is 0 Å². The summed E-state index contributed by atoms with van der Waals surface area (Å²) in [4.78, 5) is 29.7. The average molecular weight is 367 g/mol. The first kappa shape index (κ1) is 17.9. The normalized spacial score (nSPS) is 24.6. The van der Waals surface area contributed by atoms with Crippen molar-refractivity contribution in [1.29, 1.82) is 0 Å². The lowest BCUT2D eigenvalue weighted by molar-refractivity contribution is -0.00562. The standard InChI is InChI=1S/C20H25N5O2/c1-13-4-5-15(11-22-13)19(26)25-9-7-14-10-17(27-18(14)12-25)16-6-8-21-20(23-16)24(2)3/h4-6,8,11,14,17-18H,7,9-10,12H2,1-3H3/t14-,17-,18+/m0/s1. The second kappa shape index (κ2) is 7.23. The third-order valence-electron chi connectivity index (χ3n) is 5.39. The Kier molecular flexibility index (Phi) is 4.78. The molecular formula is C20H25N5O2. The van der Waals surface area contributed by atoms with E-state index >= 15 is 0 Å². The van der Waals surface area contributed by atoms with Crippen molar-refractivity contribution in [1.82, 2.24) is 19.9 Å². The van der Waals surface area contributed by atoms with Crippen LogP contribution in [0, 0.1) is 12.8 Å². The van der Waals surface area contributed by atoms with E-state index in [0.717, 1.165) is 30.8 Å². The molecule has 2 aliphatic heterocycles. The molecule has 0 N–H and O–H groups in total. The van der Waals surface area contributed by atoms with Crippen molar-refractivity contribution in [2.45, 2.75) is 32.0 Å². The maximum atomic E-state index is 12.8. The Balaban J connectivity index is 1.44. The van der Waals surface area contributed by atoms with E-state index in [0.29, 0.717) is 24.0 Å². The van der Waals surface area contributed by atoms with E-state index in [2.05, 4.69) is 15.0 Å². The number of piperidine rings is 1. The maximum Gasteiger partial charge on any atom is 0.255 e. The number of pyridine rings is 1. The summed E-state index contributed by atoms with van der Waals surface area (Å²) in [7, 11) is 3.86. The molecule has 7 heteroatoms. The predicted octanol–water partition coefficient (Wildman–Crippen LogP) is 2.24. The zero-order valence-electron chi connectivity index (χ0n) is 16.0. The van der Waals surface area contributed by atoms with E-state index in [1.54, 1.807) is 12.4 Å². The quantitative estimate of drug-likeness (QED) is 0.829. The molecule has 2 aromatic heterocycles. The summed E-state index contributed by atoms with van der Waals surface area (Å²) < 4.78 is 6.30. The molecule has 0 unspecified atom stereocenters. The molecule has 2 aliphatic rings. The number of amides is 1. The van der Waals surface area contributed by atoms with E-state index in [1.165, 1.54) is 0 Å². The molecule has 2 saturated heterocycles. The summed E-state index contributed by atoms with van der Waals surface area (Å²) in [5.41, 5.74) is 2.47. The van der Waals surface area contributed by atoms with E-state index in [4.69, 9.17) is 4.74 Å². The van der Waals surface area contributed by atoms with Crippen LogP contribution in [0.1, 0.15) is 40.7 Å². The Morgan fingerprint density at radius 3 is 2.85 bits per heavy atom. The fourth-order valence-electron chi connectivity index (χ4n) is 3.84. The molecule has 0 aromatic carbocycles. The van der Waals surface area contributed by atoms with Gasteiger partial charge in [0.05, 0.1) is 17.4 Å². The van der Waals surface area contributed by atoms with Crippen LogP contribution < -0.4 is 4.90 Å². The molecule has 4 rings (SSSR count). The van der Waals surface area contributed by atoms with Gasteiger partial charge in [-0.05, 0) is 43.9 Å². The van der Waals surface area contributed by atoms with Crippen molar-refractivity contribution in [2.75, 3.05) is 32.1 Å². The van der Waals surface area contributed by atoms with E-state index in [-0.39, 0.29) is 18.1 Å². The van der Waals surface area contributed by atoms with Crippen molar-refractivity contribution >= 4 is 11.9 Å². The van der Waals surface area contributed by atoms with Crippen molar-refractivity contribution in [3.8, 4) is 0 Å². The summed E-state index contributed by atoms with van der Waals surface area (Å²) in [6, 6.07) is 5.65. The first-order valence-electron chi connectivity index (χ1n) is 9.39. The maximum absolute atomic E-state index is 12.8. The zero-order valence-corrected chi connectivity index (χ0v) is 16.0. The van der Waals surface area contributed by atoms with Crippen LogP contribution in [-0.2, 0) is 4.74 Å². The number of hydrogen-bond donors (Lipinski definition) is 0. The van der Waals surface area contributed by atoms with E-state index < -0.39 is 0 Å². The lowest BCUT2D eigenvalue weighted by Gasteiger charge is -2.34. The molecule has 4 heterocycles. The highest BCUT2D eigenvalue weighted by molar-refractivity contribution is 5.94. The van der Waals surface area contributed by atoms with Gasteiger partial charge in [0.1, 0.15) is 6.10 Å². The number of likely N-dealkylation sites (tertiary alicyclic amines) is 1. The number of fused-ring (bicyclic) bond motifs is 1. The van der Waals surface area contributed by atoms with Crippen LogP contribution in [0.5, 0.6) is 0 Å². The second-order valence-corrected chi connectivity index (χ2v) is 7.56. The first-order valence-corrected chi connectivity index (χ1v) is 9.39. The molecule has 142 valence electrons. The van der Waals surface area contributed by atoms with Gasteiger partial charge in [-0.2, -0.15) is 0 Å². The van der Waals surface area contributed by atoms with Gasteiger partial charge < -0.3 is 14.5 Å². The zero-order chi connectivity index (χ0) is 19.0. The van der Waals surface area contributed by atoms with Crippen LogP contribution >= 0.6 is 0 Å². The molecule has 0 radical (unpaired) electrons. The highest BCUT2D eigenvalue weighted by atomic mass is 16.5. The highest BCUT2D eigenvalue weighted by Crippen LogP contribution is 2.40. The SMILES string of the molecule is Cc1ccc(C(=O)N2CC[C@H]3C[C@@H](c4ccnc(N(C)C)n4)O[C@@H]3C2)cn1. The number of carbonyl (C=O) groups excluding carboxylic acids is 1. The lowest BCUT2D eigenvalue weighted by Crippen LogP contribution is -2.45. The van der Waals surface area contributed by atoms with Gasteiger partial charge in [-0.1, -0.05) is 0 Å². The monoisotopic (exact) mass is 367 g/mol. The van der Waals surface area contributed by atoms with Gasteiger partial charge in [-0.15, -0.1) is 0 Å². The molecule has 0 spiro atoms. The summed E-state index contributed by atoms with van der Waals surface area (Å²) in [5.74, 6) is 1.19. The molecule has 1 amide bonds. The molecule has 7 nitrogen and oxygen atoms in total. The lowest BCUT2D eigenvalue weighted by atomic mass is 9.91. The molecule has 0 bridgehead atoms. The van der Waals surface area contributed by atoms with Crippen LogP contribution in [-0.4, -0.2) is 59.0 Å². The number of ether oxygens (including phenoxy) is 1. The minimum atomic E-state index is -0.0298. The number of aryl methyl sites for hydroxylation is 1. The van der Waals surface area contributed by atoms with Crippen molar-refractivity contribution in [3.05, 3.63) is 47.5 Å². The summed E-state index contributed by atoms with van der Waals surface area (Å²) in [5, 5.41) is 0. The molecule has 27 heavy (non-hydrogen) atoms. The van der Waals surface area contributed by atoms with Gasteiger partial charge in [0.15, 0.2) is 0 Å². The number of carbonyl (C=O) groups is 1. The number of hydrogen-bond acceptors (Lipinski definition) is 6. The Morgan fingerprint density at radius 2 is 2.11 bits per heavy atom.